The van der Waals surface area contributed by atoms with Crippen LogP contribution in [0.15, 0.2) is 23.0 Å². The first-order chi connectivity index (χ1) is 9.72. The van der Waals surface area contributed by atoms with Crippen LogP contribution in [0.4, 0.5) is 11.5 Å². The van der Waals surface area contributed by atoms with Gasteiger partial charge in [-0.2, -0.15) is 4.98 Å². The maximum atomic E-state index is 5.92. The van der Waals surface area contributed by atoms with Gasteiger partial charge in [-0.25, -0.2) is 4.98 Å². The van der Waals surface area contributed by atoms with Gasteiger partial charge in [0.15, 0.2) is 0 Å². The fourth-order valence-corrected chi connectivity index (χ4v) is 2.44. The maximum Gasteiger partial charge on any atom is 0.239 e. The average Bonchev–Trinajstić information content (AvgIpc) is 3.14. The minimum Gasteiger partial charge on any atom is -0.476 e. The standard InChI is InChI=1S/C14H18N4OS/c1-18(6-11-8-20-9-16-11)13-5-4-12(15)14(17-13)19-7-10-2-3-10/h4-5,8-10H,2-3,6-7,15H2,1H3. The number of rotatable bonds is 6. The minimum atomic E-state index is 0.541. The Morgan fingerprint density at radius 3 is 3.00 bits per heavy atom. The van der Waals surface area contributed by atoms with Crippen molar-refractivity contribution < 1.29 is 4.74 Å². The molecule has 0 unspecified atom stereocenters. The molecule has 1 saturated carbocycles. The molecule has 6 heteroatoms. The van der Waals surface area contributed by atoms with Gasteiger partial charge in [0.1, 0.15) is 5.82 Å². The Balaban J connectivity index is 1.69. The SMILES string of the molecule is CN(Cc1cscn1)c1ccc(N)c(OCC2CC2)n1. The lowest BCUT2D eigenvalue weighted by molar-refractivity contribution is 0.290. The predicted octanol–water partition coefficient (Wildman–Crippen LogP) is 2.55. The number of hydrogen-bond donors (Lipinski definition) is 1. The van der Waals surface area contributed by atoms with E-state index in [-0.39, 0.29) is 0 Å². The molecule has 0 amide bonds. The normalized spacial score (nSPS) is 14.2. The highest BCUT2D eigenvalue weighted by Gasteiger charge is 2.22. The van der Waals surface area contributed by atoms with E-state index in [9.17, 15) is 0 Å². The van der Waals surface area contributed by atoms with Crippen molar-refractivity contribution in [2.45, 2.75) is 19.4 Å². The van der Waals surface area contributed by atoms with E-state index < -0.39 is 0 Å². The minimum absolute atomic E-state index is 0.541. The van der Waals surface area contributed by atoms with Crippen molar-refractivity contribution in [1.82, 2.24) is 9.97 Å². The molecule has 0 atom stereocenters. The quantitative estimate of drug-likeness (QED) is 0.885. The highest BCUT2D eigenvalue weighted by molar-refractivity contribution is 7.07. The molecule has 0 spiro atoms. The third kappa shape index (κ3) is 3.19. The van der Waals surface area contributed by atoms with Crippen molar-refractivity contribution in [2.75, 3.05) is 24.3 Å². The molecule has 1 aliphatic rings. The van der Waals surface area contributed by atoms with E-state index in [4.69, 9.17) is 10.5 Å². The van der Waals surface area contributed by atoms with Crippen molar-refractivity contribution >= 4 is 22.8 Å². The lowest BCUT2D eigenvalue weighted by Crippen LogP contribution is -2.18. The van der Waals surface area contributed by atoms with E-state index in [1.165, 1.54) is 12.8 Å². The van der Waals surface area contributed by atoms with Gasteiger partial charge in [-0.3, -0.25) is 0 Å². The zero-order valence-electron chi connectivity index (χ0n) is 11.5. The van der Waals surface area contributed by atoms with E-state index >= 15 is 0 Å². The Bertz CT molecular complexity index is 569. The summed E-state index contributed by atoms with van der Waals surface area (Å²) in [6, 6.07) is 3.76. The molecular weight excluding hydrogens is 272 g/mol. The van der Waals surface area contributed by atoms with Crippen LogP contribution in [0.2, 0.25) is 0 Å². The van der Waals surface area contributed by atoms with Gasteiger partial charge in [-0.1, -0.05) is 0 Å². The fourth-order valence-electron chi connectivity index (χ4n) is 1.89. The molecule has 106 valence electrons. The Labute approximate surface area is 122 Å². The van der Waals surface area contributed by atoms with Gasteiger partial charge in [0.2, 0.25) is 5.88 Å². The molecule has 2 heterocycles. The molecule has 0 bridgehead atoms. The molecule has 5 nitrogen and oxygen atoms in total. The number of anilines is 2. The Morgan fingerprint density at radius 2 is 2.30 bits per heavy atom. The Kier molecular flexibility index (Phi) is 3.73. The molecule has 2 aromatic rings. The molecule has 3 rings (SSSR count). The van der Waals surface area contributed by atoms with Crippen molar-refractivity contribution in [2.24, 2.45) is 5.92 Å². The van der Waals surface area contributed by atoms with Crippen LogP contribution in [0.1, 0.15) is 18.5 Å². The van der Waals surface area contributed by atoms with Crippen LogP contribution in [-0.2, 0) is 6.54 Å². The monoisotopic (exact) mass is 290 g/mol. The first kappa shape index (κ1) is 13.2. The number of hydrogen-bond acceptors (Lipinski definition) is 6. The van der Waals surface area contributed by atoms with Gasteiger partial charge in [0.25, 0.3) is 0 Å². The van der Waals surface area contributed by atoms with Crippen LogP contribution in [0.5, 0.6) is 5.88 Å². The van der Waals surface area contributed by atoms with Gasteiger partial charge in [0, 0.05) is 12.4 Å². The van der Waals surface area contributed by atoms with E-state index in [1.54, 1.807) is 11.3 Å². The number of nitrogen functional groups attached to an aromatic ring is 1. The van der Waals surface area contributed by atoms with Crippen LogP contribution in [-0.4, -0.2) is 23.6 Å². The van der Waals surface area contributed by atoms with Crippen LogP contribution in [0.25, 0.3) is 0 Å². The largest absolute Gasteiger partial charge is 0.476 e. The van der Waals surface area contributed by atoms with Gasteiger partial charge in [-0.15, -0.1) is 11.3 Å². The highest BCUT2D eigenvalue weighted by atomic mass is 32.1. The molecule has 1 aliphatic carbocycles. The molecule has 0 saturated heterocycles. The number of nitrogens with zero attached hydrogens (tertiary/aromatic N) is 3. The lowest BCUT2D eigenvalue weighted by atomic mass is 10.3. The number of ether oxygens (including phenoxy) is 1. The molecule has 2 N–H and O–H groups in total. The highest BCUT2D eigenvalue weighted by Crippen LogP contribution is 2.31. The third-order valence-corrected chi connectivity index (χ3v) is 3.94. The molecule has 0 radical (unpaired) electrons. The van der Waals surface area contributed by atoms with E-state index in [0.29, 0.717) is 17.5 Å². The molecular formula is C14H18N4OS. The van der Waals surface area contributed by atoms with Gasteiger partial charge in [-0.05, 0) is 30.9 Å². The summed E-state index contributed by atoms with van der Waals surface area (Å²) in [5, 5.41) is 2.04. The van der Waals surface area contributed by atoms with Gasteiger partial charge in [0.05, 0.1) is 30.0 Å². The molecule has 1 fully saturated rings. The van der Waals surface area contributed by atoms with E-state index in [0.717, 1.165) is 24.7 Å². The summed E-state index contributed by atoms with van der Waals surface area (Å²) in [5.41, 5.74) is 9.39. The summed E-state index contributed by atoms with van der Waals surface area (Å²) in [6.07, 6.45) is 2.51. The van der Waals surface area contributed by atoms with Crippen LogP contribution in [0.3, 0.4) is 0 Å². The predicted molar refractivity (Wildman–Crippen MR) is 81.1 cm³/mol. The lowest BCUT2D eigenvalue weighted by Gasteiger charge is -2.18. The van der Waals surface area contributed by atoms with Crippen LogP contribution in [0, 0.1) is 5.92 Å². The summed E-state index contributed by atoms with van der Waals surface area (Å²) in [7, 11) is 1.99. The molecule has 2 aromatic heterocycles. The van der Waals surface area contributed by atoms with E-state index in [1.807, 2.05) is 35.0 Å². The molecule has 0 aromatic carbocycles. The summed E-state index contributed by atoms with van der Waals surface area (Å²) in [6.45, 7) is 1.44. The zero-order valence-corrected chi connectivity index (χ0v) is 12.3. The van der Waals surface area contributed by atoms with Crippen molar-refractivity contribution in [3.05, 3.63) is 28.7 Å². The second kappa shape index (κ2) is 5.66. The van der Waals surface area contributed by atoms with Crippen molar-refractivity contribution in [3.63, 3.8) is 0 Å². The van der Waals surface area contributed by atoms with Crippen molar-refractivity contribution in [3.8, 4) is 5.88 Å². The number of nitrogens with two attached hydrogens (primary N) is 1. The molecule has 0 aliphatic heterocycles. The molecule has 20 heavy (non-hydrogen) atoms. The maximum absolute atomic E-state index is 5.92. The van der Waals surface area contributed by atoms with E-state index in [2.05, 4.69) is 9.97 Å². The second-order valence-corrected chi connectivity index (χ2v) is 5.87. The summed E-state index contributed by atoms with van der Waals surface area (Å²) >= 11 is 1.60. The van der Waals surface area contributed by atoms with Crippen LogP contribution < -0.4 is 15.4 Å². The second-order valence-electron chi connectivity index (χ2n) is 5.15. The summed E-state index contributed by atoms with van der Waals surface area (Å²) < 4.78 is 5.71. The fraction of sp³-hybridized carbons (Fsp3) is 0.429. The number of aromatic nitrogens is 2. The summed E-state index contributed by atoms with van der Waals surface area (Å²) in [4.78, 5) is 10.8. The Morgan fingerprint density at radius 1 is 1.45 bits per heavy atom. The number of pyridine rings is 1. The smallest absolute Gasteiger partial charge is 0.239 e. The van der Waals surface area contributed by atoms with Gasteiger partial charge >= 0.3 is 0 Å². The number of thiazole rings is 1. The Hall–Kier alpha value is -1.82. The topological polar surface area (TPSA) is 64.3 Å². The first-order valence-corrected chi connectivity index (χ1v) is 7.64. The van der Waals surface area contributed by atoms with Crippen molar-refractivity contribution in [1.29, 1.82) is 0 Å². The average molecular weight is 290 g/mol. The zero-order chi connectivity index (χ0) is 13.9. The third-order valence-electron chi connectivity index (χ3n) is 3.30. The van der Waals surface area contributed by atoms with Crippen LogP contribution >= 0.6 is 11.3 Å². The summed E-state index contributed by atoms with van der Waals surface area (Å²) in [5.74, 6) is 2.07. The first-order valence-electron chi connectivity index (χ1n) is 6.70. The van der Waals surface area contributed by atoms with Gasteiger partial charge < -0.3 is 15.4 Å².